The second-order valence-corrected chi connectivity index (χ2v) is 7.28. The maximum absolute atomic E-state index is 6.00. The lowest BCUT2D eigenvalue weighted by atomic mass is 9.84. The monoisotopic (exact) mass is 226 g/mol. The average Bonchev–Trinajstić information content (AvgIpc) is 2.03. The molecule has 2 heteroatoms. The van der Waals surface area contributed by atoms with Crippen LogP contribution in [0.1, 0.15) is 67.2 Å². The number of rotatable bonds is 1. The van der Waals surface area contributed by atoms with Crippen LogP contribution in [0.3, 0.4) is 0 Å². The van der Waals surface area contributed by atoms with Gasteiger partial charge in [-0.15, -0.1) is 0 Å². The number of hydrogen-bond donors (Lipinski definition) is 1. The Hall–Kier alpha value is -0.0800. The topological polar surface area (TPSA) is 31.9 Å². The van der Waals surface area contributed by atoms with Gasteiger partial charge in [0.1, 0.15) is 17.1 Å². The fourth-order valence-corrected chi connectivity index (χ4v) is 3.46. The summed E-state index contributed by atoms with van der Waals surface area (Å²) in [4.78, 5) is 2.69. The van der Waals surface area contributed by atoms with Crippen LogP contribution in [0.15, 0.2) is 0 Å². The van der Waals surface area contributed by atoms with Gasteiger partial charge in [-0.3, -0.25) is 0 Å². The van der Waals surface area contributed by atoms with Gasteiger partial charge in [0.2, 0.25) is 0 Å². The van der Waals surface area contributed by atoms with Gasteiger partial charge < -0.3 is 5.73 Å². The highest BCUT2D eigenvalue weighted by Gasteiger charge is 2.47. The van der Waals surface area contributed by atoms with Crippen molar-refractivity contribution in [3.63, 3.8) is 0 Å². The Kier molecular flexibility index (Phi) is 4.07. The third kappa shape index (κ3) is 3.46. The molecule has 1 aliphatic carbocycles. The van der Waals surface area contributed by atoms with Crippen molar-refractivity contribution in [2.75, 3.05) is 0 Å². The highest BCUT2D eigenvalue weighted by atomic mass is 15.3. The molecule has 0 spiro atoms. The van der Waals surface area contributed by atoms with Crippen molar-refractivity contribution < 1.29 is 0 Å². The zero-order chi connectivity index (χ0) is 12.6. The summed E-state index contributed by atoms with van der Waals surface area (Å²) in [6.45, 7) is 14.0. The van der Waals surface area contributed by atoms with Gasteiger partial charge in [0, 0.05) is 18.9 Å². The Balaban J connectivity index is 2.78. The predicted octanol–water partition coefficient (Wildman–Crippen LogP) is 2.99. The Labute approximate surface area is 102 Å². The van der Waals surface area contributed by atoms with Crippen LogP contribution in [-0.4, -0.2) is 23.2 Å². The van der Waals surface area contributed by atoms with Crippen LogP contribution >= 0.6 is 0 Å². The van der Waals surface area contributed by atoms with Gasteiger partial charge in [0.15, 0.2) is 0 Å². The molecule has 0 saturated heterocycles. The van der Waals surface area contributed by atoms with Gasteiger partial charge in [-0.1, -0.05) is 0 Å². The standard InChI is InChI=1S/C14H30N2/c1-13(2,3)16(14(4,5)6)12-9-7-11(15)8-10-12/h11-12H,7-10,15H2,1-6H3/q+1/t11-,12+. The van der Waals surface area contributed by atoms with Crippen LogP contribution in [0.25, 0.3) is 0 Å². The molecule has 2 nitrogen and oxygen atoms in total. The van der Waals surface area contributed by atoms with Gasteiger partial charge in [-0.05, 0) is 54.4 Å². The quantitative estimate of drug-likeness (QED) is 0.685. The van der Waals surface area contributed by atoms with E-state index < -0.39 is 0 Å². The second kappa shape index (κ2) is 4.66. The maximum Gasteiger partial charge on any atom is 0.135 e. The molecule has 0 bridgehead atoms. The molecule has 95 valence electrons. The molecule has 0 aromatic carbocycles. The van der Waals surface area contributed by atoms with Crippen LogP contribution < -0.4 is 10.6 Å². The van der Waals surface area contributed by atoms with Crippen LogP contribution in [0.4, 0.5) is 0 Å². The molecule has 0 aromatic rings. The lowest BCUT2D eigenvalue weighted by Crippen LogP contribution is -2.63. The molecule has 1 saturated carbocycles. The van der Waals surface area contributed by atoms with E-state index in [1.807, 2.05) is 0 Å². The molecule has 0 unspecified atom stereocenters. The molecule has 0 heterocycles. The molecule has 0 aliphatic heterocycles. The Morgan fingerprint density at radius 1 is 0.812 bits per heavy atom. The SMILES string of the molecule is CC(C)(C)[N+]([C@H]1CC[C@@H](N)CC1)C(C)(C)C. The first-order valence-corrected chi connectivity index (χ1v) is 6.67. The minimum atomic E-state index is 0.240. The van der Waals surface area contributed by atoms with Gasteiger partial charge >= 0.3 is 0 Å². The first kappa shape index (κ1) is 14.0. The smallest absolute Gasteiger partial charge is 0.135 e. The van der Waals surface area contributed by atoms with Crippen molar-refractivity contribution in [2.45, 2.75) is 90.4 Å². The lowest BCUT2D eigenvalue weighted by molar-refractivity contribution is 0.0754. The Morgan fingerprint density at radius 2 is 1.19 bits per heavy atom. The molecular formula is C14H30N2+. The third-order valence-electron chi connectivity index (χ3n) is 3.55. The van der Waals surface area contributed by atoms with E-state index >= 15 is 0 Å². The lowest BCUT2D eigenvalue weighted by Gasteiger charge is -2.42. The number of nitrogens with zero attached hydrogens (tertiary/aromatic N) is 1. The highest BCUT2D eigenvalue weighted by Crippen LogP contribution is 2.31. The van der Waals surface area contributed by atoms with Crippen LogP contribution in [0.2, 0.25) is 0 Å². The first-order chi connectivity index (χ1) is 7.12. The van der Waals surface area contributed by atoms with Crippen LogP contribution in [0, 0.1) is 0 Å². The van der Waals surface area contributed by atoms with E-state index in [9.17, 15) is 0 Å². The average molecular weight is 226 g/mol. The van der Waals surface area contributed by atoms with E-state index in [1.165, 1.54) is 25.7 Å². The summed E-state index contributed by atoms with van der Waals surface area (Å²) in [7, 11) is 0. The molecule has 16 heavy (non-hydrogen) atoms. The van der Waals surface area contributed by atoms with E-state index in [0.717, 1.165) is 0 Å². The zero-order valence-electron chi connectivity index (χ0n) is 12.0. The van der Waals surface area contributed by atoms with Gasteiger partial charge in [0.05, 0.1) is 0 Å². The van der Waals surface area contributed by atoms with Gasteiger partial charge in [-0.2, -0.15) is 4.90 Å². The normalized spacial score (nSPS) is 28.5. The van der Waals surface area contributed by atoms with E-state index in [-0.39, 0.29) is 11.1 Å². The summed E-state index contributed by atoms with van der Waals surface area (Å²) in [5.41, 5.74) is 6.48. The van der Waals surface area contributed by atoms with E-state index in [4.69, 9.17) is 5.73 Å². The highest BCUT2D eigenvalue weighted by molar-refractivity contribution is 4.98. The van der Waals surface area contributed by atoms with E-state index in [2.05, 4.69) is 46.4 Å². The van der Waals surface area contributed by atoms with E-state index in [1.54, 1.807) is 0 Å². The zero-order valence-corrected chi connectivity index (χ0v) is 12.0. The summed E-state index contributed by atoms with van der Waals surface area (Å²) in [6.07, 6.45) is 4.89. The first-order valence-electron chi connectivity index (χ1n) is 6.67. The second-order valence-electron chi connectivity index (χ2n) is 7.28. The number of nitrogens with two attached hydrogens (primary N) is 1. The molecule has 0 amide bonds. The molecule has 1 fully saturated rings. The third-order valence-corrected chi connectivity index (χ3v) is 3.55. The number of hydrogen-bond acceptors (Lipinski definition) is 2. The van der Waals surface area contributed by atoms with Gasteiger partial charge in [0.25, 0.3) is 0 Å². The summed E-state index contributed by atoms with van der Waals surface area (Å²) < 4.78 is 0. The van der Waals surface area contributed by atoms with Crippen molar-refractivity contribution >= 4 is 0 Å². The molecule has 2 N–H and O–H groups in total. The van der Waals surface area contributed by atoms with Crippen molar-refractivity contribution in [1.82, 2.24) is 4.90 Å². The van der Waals surface area contributed by atoms with Crippen molar-refractivity contribution in [1.29, 1.82) is 0 Å². The minimum absolute atomic E-state index is 0.240. The molecule has 1 aliphatic rings. The summed E-state index contributed by atoms with van der Waals surface area (Å²) >= 11 is 0. The molecular weight excluding hydrogens is 196 g/mol. The largest absolute Gasteiger partial charge is 0.328 e. The van der Waals surface area contributed by atoms with Crippen LogP contribution in [0.5, 0.6) is 0 Å². The van der Waals surface area contributed by atoms with Crippen molar-refractivity contribution in [3.05, 3.63) is 0 Å². The molecule has 1 radical (unpaired) electrons. The minimum Gasteiger partial charge on any atom is -0.328 e. The van der Waals surface area contributed by atoms with Gasteiger partial charge in [-0.25, -0.2) is 0 Å². The summed E-state index contributed by atoms with van der Waals surface area (Å²) in [6, 6.07) is 1.15. The fourth-order valence-electron chi connectivity index (χ4n) is 3.46. The molecule has 1 rings (SSSR count). The summed E-state index contributed by atoms with van der Waals surface area (Å²) in [5.74, 6) is 0. The molecule has 0 atom stereocenters. The Morgan fingerprint density at radius 3 is 1.50 bits per heavy atom. The predicted molar refractivity (Wildman–Crippen MR) is 71.9 cm³/mol. The maximum atomic E-state index is 6.00. The Bertz CT molecular complexity index is 200. The molecule has 0 aromatic heterocycles. The van der Waals surface area contributed by atoms with Crippen molar-refractivity contribution in [2.24, 2.45) is 5.73 Å². The van der Waals surface area contributed by atoms with Crippen molar-refractivity contribution in [3.8, 4) is 0 Å². The van der Waals surface area contributed by atoms with Crippen LogP contribution in [-0.2, 0) is 0 Å². The van der Waals surface area contributed by atoms with E-state index in [0.29, 0.717) is 12.1 Å². The summed E-state index contributed by atoms with van der Waals surface area (Å²) in [5, 5.41) is 0. The fraction of sp³-hybridized carbons (Fsp3) is 1.00.